The lowest BCUT2D eigenvalue weighted by molar-refractivity contribution is 0.486. The number of rotatable bonds is 6. The first-order valence-corrected chi connectivity index (χ1v) is 26.7. The van der Waals surface area contributed by atoms with Crippen LogP contribution in [0.2, 0.25) is 0 Å². The van der Waals surface area contributed by atoms with Gasteiger partial charge in [-0.1, -0.05) is 175 Å². The molecule has 0 bridgehead atoms. The summed E-state index contributed by atoms with van der Waals surface area (Å²) < 4.78 is 13.8. The molecular weight excluding hydrogens is 952 g/mol. The van der Waals surface area contributed by atoms with Crippen molar-refractivity contribution in [1.82, 2.24) is 28.7 Å². The summed E-state index contributed by atoms with van der Waals surface area (Å²) in [6.07, 6.45) is 0.861. The number of nitrogens with zero attached hydrogens (tertiary/aromatic N) is 6. The van der Waals surface area contributed by atoms with Gasteiger partial charge in [-0.3, -0.25) is 4.57 Å². The van der Waals surface area contributed by atoms with Crippen LogP contribution in [-0.4, -0.2) is 35.4 Å². The number of para-hydroxylation sites is 5. The summed E-state index contributed by atoms with van der Waals surface area (Å²) in [5, 5.41) is 7.09. The van der Waals surface area contributed by atoms with E-state index in [9.17, 15) is 0 Å². The molecule has 362 valence electrons. The molecule has 4 aromatic heterocycles. The SMILES string of the molecule is c1ccc(-c2nc(-c3cccc(-n4c5ccccc5c5cc(-c6ccc7c(c6)c6ccccc6n7-c6cc7c8c(c6)Oc6ccccc6B8c6ccccc6C7)ccc54)c3)nc(-n3c4ccccc4c4ccccc43)n2)cc1. The first kappa shape index (κ1) is 43.0. The quantitative estimate of drug-likeness (QED) is 0.156. The maximum atomic E-state index is 6.84. The highest BCUT2D eigenvalue weighted by Crippen LogP contribution is 2.41. The molecule has 0 fully saturated rings. The Morgan fingerprint density at radius 3 is 1.50 bits per heavy atom. The van der Waals surface area contributed by atoms with Crippen molar-refractivity contribution in [3.63, 3.8) is 0 Å². The second kappa shape index (κ2) is 16.6. The van der Waals surface area contributed by atoms with Crippen molar-refractivity contribution in [3.8, 4) is 62.7 Å². The molecule has 0 saturated heterocycles. The number of hydrogen-bond donors (Lipinski definition) is 0. The van der Waals surface area contributed by atoms with Crippen LogP contribution in [0.4, 0.5) is 0 Å². The summed E-state index contributed by atoms with van der Waals surface area (Å²) in [5.41, 5.74) is 19.5. The van der Waals surface area contributed by atoms with Crippen molar-refractivity contribution in [2.45, 2.75) is 6.42 Å². The lowest BCUT2D eigenvalue weighted by Gasteiger charge is -2.34. The Morgan fingerprint density at radius 2 is 0.833 bits per heavy atom. The molecule has 15 aromatic rings. The zero-order valence-electron chi connectivity index (χ0n) is 42.0. The number of ether oxygens (including phenoxy) is 1. The average molecular weight is 995 g/mol. The molecule has 0 N–H and O–H groups in total. The van der Waals surface area contributed by atoms with E-state index < -0.39 is 0 Å². The average Bonchev–Trinajstić information content (AvgIpc) is 4.17. The van der Waals surface area contributed by atoms with Crippen LogP contribution in [-0.2, 0) is 6.42 Å². The summed E-state index contributed by atoms with van der Waals surface area (Å²) in [7, 11) is 0. The number of benzene rings is 11. The van der Waals surface area contributed by atoms with E-state index in [1.807, 2.05) is 18.2 Å². The van der Waals surface area contributed by atoms with Crippen molar-refractivity contribution in [1.29, 1.82) is 0 Å². The lowest BCUT2D eigenvalue weighted by atomic mass is 9.32. The Morgan fingerprint density at radius 1 is 0.321 bits per heavy atom. The van der Waals surface area contributed by atoms with Crippen LogP contribution in [0.3, 0.4) is 0 Å². The Labute approximate surface area is 448 Å². The third-order valence-electron chi connectivity index (χ3n) is 16.4. The van der Waals surface area contributed by atoms with Gasteiger partial charge in [0.25, 0.3) is 6.71 Å². The summed E-state index contributed by atoms with van der Waals surface area (Å²) in [4.78, 5) is 15.7. The topological polar surface area (TPSA) is 62.7 Å². The van der Waals surface area contributed by atoms with E-state index in [2.05, 4.69) is 244 Å². The van der Waals surface area contributed by atoms with Crippen molar-refractivity contribution < 1.29 is 4.74 Å². The van der Waals surface area contributed by atoms with Gasteiger partial charge in [-0.2, -0.15) is 9.97 Å². The summed E-state index contributed by atoms with van der Waals surface area (Å²) >= 11 is 0. The molecule has 0 unspecified atom stereocenters. The van der Waals surface area contributed by atoms with Crippen LogP contribution < -0.4 is 21.1 Å². The zero-order valence-corrected chi connectivity index (χ0v) is 42.0. The number of aromatic nitrogens is 6. The molecule has 0 atom stereocenters. The minimum absolute atomic E-state index is 0.138. The van der Waals surface area contributed by atoms with Gasteiger partial charge in [-0.25, -0.2) is 4.98 Å². The van der Waals surface area contributed by atoms with Crippen LogP contribution >= 0.6 is 0 Å². The second-order valence-electron chi connectivity index (χ2n) is 20.7. The van der Waals surface area contributed by atoms with Crippen LogP contribution in [0.5, 0.6) is 11.5 Å². The van der Waals surface area contributed by atoms with Crippen molar-refractivity contribution >= 4 is 88.5 Å². The Hall–Kier alpha value is -10.3. The Balaban J connectivity index is 0.783. The van der Waals surface area contributed by atoms with E-state index in [0.717, 1.165) is 95.4 Å². The monoisotopic (exact) mass is 994 g/mol. The van der Waals surface area contributed by atoms with Gasteiger partial charge in [0.05, 0.1) is 38.8 Å². The smallest absolute Gasteiger partial charge is 0.251 e. The molecule has 0 spiro atoms. The number of fused-ring (bicyclic) bond motifs is 13. The van der Waals surface area contributed by atoms with Crippen molar-refractivity contribution in [2.24, 2.45) is 0 Å². The highest BCUT2D eigenvalue weighted by Gasteiger charge is 2.39. The van der Waals surface area contributed by atoms with Crippen LogP contribution in [0.1, 0.15) is 11.1 Å². The standard InChI is InChI=1S/C70H43BN6O/c1-2-17-43(18-3-1)68-72-69(74-70(73-68)77-61-30-13-5-22-51(61)52-23-6-14-31-62(52)77)47-20-16-21-49(38-47)75-59-28-11-7-24-53(59)55-40-44(33-35-63(55)75)45-34-36-64-56(41-45)54-25-8-12-29-60(54)76(64)50-39-48-37-46-19-4-9-26-57(46)71-58-27-10-15-32-65(58)78-66(42-50)67(48)71/h1-36,38-42H,37H2. The zero-order chi connectivity index (χ0) is 51.0. The molecule has 0 aliphatic carbocycles. The fraction of sp³-hybridized carbons (Fsp3) is 0.0143. The van der Waals surface area contributed by atoms with Crippen LogP contribution in [0.15, 0.2) is 249 Å². The predicted molar refractivity (Wildman–Crippen MR) is 320 cm³/mol. The molecule has 78 heavy (non-hydrogen) atoms. The predicted octanol–water partition coefficient (Wildman–Crippen LogP) is 14.7. The van der Waals surface area contributed by atoms with Crippen LogP contribution in [0, 0.1) is 0 Å². The molecular formula is C70H43BN6O. The number of hydrogen-bond acceptors (Lipinski definition) is 4. The van der Waals surface area contributed by atoms with Gasteiger partial charge in [0.2, 0.25) is 5.95 Å². The fourth-order valence-electron chi connectivity index (χ4n) is 13.0. The highest BCUT2D eigenvalue weighted by molar-refractivity contribution is 6.97. The van der Waals surface area contributed by atoms with Gasteiger partial charge in [0, 0.05) is 55.2 Å². The first-order chi connectivity index (χ1) is 38.7. The second-order valence-corrected chi connectivity index (χ2v) is 20.7. The van der Waals surface area contributed by atoms with Gasteiger partial charge in [0.15, 0.2) is 11.6 Å². The van der Waals surface area contributed by atoms with E-state index >= 15 is 0 Å². The highest BCUT2D eigenvalue weighted by atomic mass is 16.5. The molecule has 8 heteroatoms. The van der Waals surface area contributed by atoms with Gasteiger partial charge in [0.1, 0.15) is 11.5 Å². The molecule has 0 saturated carbocycles. The Kier molecular flexibility index (Phi) is 9.15. The van der Waals surface area contributed by atoms with E-state index in [4.69, 9.17) is 19.7 Å². The maximum absolute atomic E-state index is 6.84. The molecule has 2 aliphatic heterocycles. The van der Waals surface area contributed by atoms with Gasteiger partial charge in [-0.15, -0.1) is 0 Å². The minimum Gasteiger partial charge on any atom is -0.458 e. The van der Waals surface area contributed by atoms with Crippen molar-refractivity contribution in [3.05, 3.63) is 260 Å². The minimum atomic E-state index is 0.138. The van der Waals surface area contributed by atoms with Gasteiger partial charge < -0.3 is 13.9 Å². The van der Waals surface area contributed by atoms with E-state index in [1.54, 1.807) is 0 Å². The van der Waals surface area contributed by atoms with E-state index in [-0.39, 0.29) is 6.71 Å². The molecule has 11 aromatic carbocycles. The first-order valence-electron chi connectivity index (χ1n) is 26.7. The summed E-state index contributed by atoms with van der Waals surface area (Å²) in [6.45, 7) is 0.138. The largest absolute Gasteiger partial charge is 0.458 e. The summed E-state index contributed by atoms with van der Waals surface area (Å²) in [5.74, 6) is 3.65. The third kappa shape index (κ3) is 6.37. The van der Waals surface area contributed by atoms with Gasteiger partial charge >= 0.3 is 0 Å². The van der Waals surface area contributed by atoms with E-state index in [0.29, 0.717) is 17.6 Å². The maximum Gasteiger partial charge on any atom is 0.251 e. The molecule has 0 amide bonds. The molecule has 6 heterocycles. The van der Waals surface area contributed by atoms with Crippen LogP contribution in [0.25, 0.3) is 117 Å². The molecule has 0 radical (unpaired) electrons. The third-order valence-corrected chi connectivity index (χ3v) is 16.4. The normalized spacial score (nSPS) is 12.6. The molecule has 2 aliphatic rings. The van der Waals surface area contributed by atoms with E-state index in [1.165, 1.54) is 49.1 Å². The van der Waals surface area contributed by atoms with Gasteiger partial charge in [-0.05, 0) is 112 Å². The summed E-state index contributed by atoms with van der Waals surface area (Å²) in [6, 6.07) is 89.3. The molecule has 7 nitrogen and oxygen atoms in total. The fourth-order valence-corrected chi connectivity index (χ4v) is 13.0. The Bertz CT molecular complexity index is 4890. The van der Waals surface area contributed by atoms with Crippen molar-refractivity contribution in [2.75, 3.05) is 0 Å². The molecule has 17 rings (SSSR count). The lowest BCUT2D eigenvalue weighted by Crippen LogP contribution is -2.59.